The van der Waals surface area contributed by atoms with Crippen LogP contribution in [0.25, 0.3) is 0 Å². The molecule has 1 fully saturated rings. The average Bonchev–Trinajstić information content (AvgIpc) is 2.96. The molecule has 0 aromatic carbocycles. The second-order valence-electron chi connectivity index (χ2n) is 5.56. The van der Waals surface area contributed by atoms with Crippen molar-refractivity contribution >= 4 is 17.7 Å². The van der Waals surface area contributed by atoms with Crippen molar-refractivity contribution in [2.24, 2.45) is 0 Å². The van der Waals surface area contributed by atoms with Gasteiger partial charge in [0.25, 0.3) is 0 Å². The van der Waals surface area contributed by atoms with Crippen molar-refractivity contribution in [1.82, 2.24) is 5.32 Å². The summed E-state index contributed by atoms with van der Waals surface area (Å²) in [7, 11) is 0. The highest BCUT2D eigenvalue weighted by molar-refractivity contribution is 8.00. The minimum atomic E-state index is -1.02. The van der Waals surface area contributed by atoms with Gasteiger partial charge in [0, 0.05) is 11.3 Å². The largest absolute Gasteiger partial charge is 0.475 e. The molecule has 4 nitrogen and oxygen atoms in total. The first-order chi connectivity index (χ1) is 9.56. The molecular formula is C15H23NO3S. The zero-order valence-electron chi connectivity index (χ0n) is 12.1. The molecule has 1 aliphatic rings. The van der Waals surface area contributed by atoms with E-state index in [1.165, 1.54) is 38.2 Å². The van der Waals surface area contributed by atoms with E-state index in [1.54, 1.807) is 6.07 Å². The molecule has 1 saturated carbocycles. The van der Waals surface area contributed by atoms with E-state index in [4.69, 9.17) is 9.52 Å². The number of carboxylic acid groups (broad SMARTS) is 1. The fourth-order valence-electron chi connectivity index (χ4n) is 2.79. The monoisotopic (exact) mass is 297 g/mol. The van der Waals surface area contributed by atoms with E-state index < -0.39 is 5.97 Å². The Labute approximate surface area is 124 Å². The van der Waals surface area contributed by atoms with Crippen LogP contribution in [0, 0.1) is 0 Å². The third-order valence-corrected chi connectivity index (χ3v) is 5.61. The standard InChI is InChI=1S/C15H23NO3S/c1-11(12-6-7-13(19-12)14(17)18)16-10-15(20-2)8-4-3-5-9-15/h6-7,11,16H,3-5,8-10H2,1-2H3,(H,17,18). The summed E-state index contributed by atoms with van der Waals surface area (Å²) in [4.78, 5) is 10.8. The maximum atomic E-state index is 10.8. The number of furan rings is 1. The molecule has 0 aliphatic heterocycles. The highest BCUT2D eigenvalue weighted by Crippen LogP contribution is 2.38. The van der Waals surface area contributed by atoms with Crippen LogP contribution in [0.1, 0.15) is 61.4 Å². The highest BCUT2D eigenvalue weighted by Gasteiger charge is 2.31. The summed E-state index contributed by atoms with van der Waals surface area (Å²) in [6.45, 7) is 2.96. The van der Waals surface area contributed by atoms with Gasteiger partial charge in [0.05, 0.1) is 6.04 Å². The number of carboxylic acids is 1. The maximum absolute atomic E-state index is 10.8. The van der Waals surface area contributed by atoms with Crippen molar-refractivity contribution in [3.05, 3.63) is 23.7 Å². The van der Waals surface area contributed by atoms with Crippen molar-refractivity contribution < 1.29 is 14.3 Å². The zero-order valence-corrected chi connectivity index (χ0v) is 13.0. The van der Waals surface area contributed by atoms with Gasteiger partial charge >= 0.3 is 5.97 Å². The Balaban J connectivity index is 1.93. The van der Waals surface area contributed by atoms with Gasteiger partial charge < -0.3 is 14.8 Å². The third-order valence-electron chi connectivity index (χ3n) is 4.19. The van der Waals surface area contributed by atoms with Crippen molar-refractivity contribution in [2.45, 2.75) is 49.8 Å². The second-order valence-corrected chi connectivity index (χ2v) is 6.83. The molecule has 0 saturated heterocycles. The van der Waals surface area contributed by atoms with Crippen molar-refractivity contribution in [1.29, 1.82) is 0 Å². The van der Waals surface area contributed by atoms with E-state index in [0.717, 1.165) is 6.54 Å². The van der Waals surface area contributed by atoms with Crippen LogP contribution in [0.4, 0.5) is 0 Å². The lowest BCUT2D eigenvalue weighted by molar-refractivity contribution is 0.0659. The first kappa shape index (κ1) is 15.4. The van der Waals surface area contributed by atoms with Gasteiger partial charge in [-0.2, -0.15) is 11.8 Å². The minimum absolute atomic E-state index is 0.00546. The molecule has 1 heterocycles. The topological polar surface area (TPSA) is 62.5 Å². The van der Waals surface area contributed by atoms with Crippen LogP contribution in [-0.4, -0.2) is 28.6 Å². The zero-order chi connectivity index (χ0) is 14.6. The molecule has 112 valence electrons. The number of carbonyl (C=O) groups is 1. The molecule has 0 radical (unpaired) electrons. The van der Waals surface area contributed by atoms with Gasteiger partial charge in [-0.25, -0.2) is 4.79 Å². The lowest BCUT2D eigenvalue weighted by atomic mass is 9.88. The van der Waals surface area contributed by atoms with E-state index >= 15 is 0 Å². The Kier molecular flexibility index (Phi) is 5.16. The predicted octanol–water partition coefficient (Wildman–Crippen LogP) is 3.69. The van der Waals surface area contributed by atoms with Gasteiger partial charge in [0.2, 0.25) is 5.76 Å². The van der Waals surface area contributed by atoms with Crippen LogP contribution >= 0.6 is 11.8 Å². The number of hydrogen-bond donors (Lipinski definition) is 2. The van der Waals surface area contributed by atoms with Crippen LogP contribution in [-0.2, 0) is 0 Å². The van der Waals surface area contributed by atoms with E-state index in [2.05, 4.69) is 11.6 Å². The Morgan fingerprint density at radius 1 is 1.45 bits per heavy atom. The summed E-state index contributed by atoms with van der Waals surface area (Å²) < 4.78 is 5.67. The number of hydrogen-bond acceptors (Lipinski definition) is 4. The van der Waals surface area contributed by atoms with Crippen LogP contribution in [0.5, 0.6) is 0 Å². The lowest BCUT2D eigenvalue weighted by Gasteiger charge is -2.36. The summed E-state index contributed by atoms with van der Waals surface area (Å²) in [6, 6.07) is 3.29. The van der Waals surface area contributed by atoms with Crippen LogP contribution < -0.4 is 5.32 Å². The number of aromatic carboxylic acids is 1. The highest BCUT2D eigenvalue weighted by atomic mass is 32.2. The quantitative estimate of drug-likeness (QED) is 0.838. The summed E-state index contributed by atoms with van der Waals surface area (Å²) >= 11 is 1.95. The van der Waals surface area contributed by atoms with Crippen LogP contribution in [0.2, 0.25) is 0 Å². The van der Waals surface area contributed by atoms with E-state index in [1.807, 2.05) is 18.7 Å². The molecular weight excluding hydrogens is 274 g/mol. The molecule has 5 heteroatoms. The molecule has 0 amide bonds. The fraction of sp³-hybridized carbons (Fsp3) is 0.667. The Morgan fingerprint density at radius 3 is 2.70 bits per heavy atom. The summed E-state index contributed by atoms with van der Waals surface area (Å²) in [5, 5.41) is 12.4. The molecule has 20 heavy (non-hydrogen) atoms. The van der Waals surface area contributed by atoms with Gasteiger partial charge in [-0.1, -0.05) is 19.3 Å². The maximum Gasteiger partial charge on any atom is 0.371 e. The van der Waals surface area contributed by atoms with E-state index in [9.17, 15) is 4.79 Å². The molecule has 1 unspecified atom stereocenters. The van der Waals surface area contributed by atoms with Crippen molar-refractivity contribution in [3.63, 3.8) is 0 Å². The predicted molar refractivity (Wildman–Crippen MR) is 81.4 cm³/mol. The molecule has 2 N–H and O–H groups in total. The van der Waals surface area contributed by atoms with Gasteiger partial charge in [-0.05, 0) is 38.2 Å². The minimum Gasteiger partial charge on any atom is -0.475 e. The molecule has 1 aromatic rings. The Bertz CT molecular complexity index is 452. The molecule has 1 atom stereocenters. The second kappa shape index (κ2) is 6.68. The van der Waals surface area contributed by atoms with Gasteiger partial charge in [0.15, 0.2) is 0 Å². The molecule has 1 aromatic heterocycles. The average molecular weight is 297 g/mol. The number of nitrogens with one attached hydrogen (secondary N) is 1. The summed E-state index contributed by atoms with van der Waals surface area (Å²) in [6.07, 6.45) is 8.66. The smallest absolute Gasteiger partial charge is 0.371 e. The van der Waals surface area contributed by atoms with Gasteiger partial charge in [-0.3, -0.25) is 0 Å². The third kappa shape index (κ3) is 3.58. The lowest BCUT2D eigenvalue weighted by Crippen LogP contribution is -2.40. The SMILES string of the molecule is CSC1(CNC(C)c2ccc(C(=O)O)o2)CCCCC1. The van der Waals surface area contributed by atoms with Crippen molar-refractivity contribution in [3.8, 4) is 0 Å². The van der Waals surface area contributed by atoms with E-state index in [0.29, 0.717) is 10.5 Å². The van der Waals surface area contributed by atoms with Gasteiger partial charge in [0.1, 0.15) is 5.76 Å². The molecule has 0 bridgehead atoms. The fourth-order valence-corrected chi connectivity index (χ4v) is 3.71. The first-order valence-electron chi connectivity index (χ1n) is 7.18. The first-order valence-corrected chi connectivity index (χ1v) is 8.40. The van der Waals surface area contributed by atoms with E-state index in [-0.39, 0.29) is 11.8 Å². The summed E-state index contributed by atoms with van der Waals surface area (Å²) in [5.74, 6) is -0.323. The molecule has 2 rings (SSSR count). The molecule has 1 aliphatic carbocycles. The van der Waals surface area contributed by atoms with Gasteiger partial charge in [-0.15, -0.1) is 0 Å². The normalized spacial score (nSPS) is 19.7. The number of thioether (sulfide) groups is 1. The Morgan fingerprint density at radius 2 is 2.15 bits per heavy atom. The Hall–Kier alpha value is -0.940. The molecule has 0 spiro atoms. The van der Waals surface area contributed by atoms with Crippen molar-refractivity contribution in [2.75, 3.05) is 12.8 Å². The summed E-state index contributed by atoms with van der Waals surface area (Å²) in [5.41, 5.74) is 0. The number of rotatable bonds is 6. The van der Waals surface area contributed by atoms with Crippen LogP contribution in [0.3, 0.4) is 0 Å². The van der Waals surface area contributed by atoms with Crippen LogP contribution in [0.15, 0.2) is 16.5 Å².